The van der Waals surface area contributed by atoms with Crippen LogP contribution in [-0.4, -0.2) is 35.8 Å². The number of nitrogens with two attached hydrogens (primary N) is 1. The number of aromatic nitrogens is 1. The molecule has 1 aliphatic heterocycles. The molecule has 0 saturated carbocycles. The fourth-order valence-corrected chi connectivity index (χ4v) is 4.23. The summed E-state index contributed by atoms with van der Waals surface area (Å²) in [6, 6.07) is 16.7. The maximum Gasteiger partial charge on any atom is 0.251 e. The van der Waals surface area contributed by atoms with Crippen molar-refractivity contribution >= 4 is 11.7 Å². The van der Waals surface area contributed by atoms with Crippen LogP contribution in [0.3, 0.4) is 0 Å². The van der Waals surface area contributed by atoms with Gasteiger partial charge in [-0.1, -0.05) is 36.4 Å². The number of benzene rings is 2. The van der Waals surface area contributed by atoms with Crippen molar-refractivity contribution in [2.24, 2.45) is 0 Å². The second kappa shape index (κ2) is 9.94. The molecule has 0 aliphatic carbocycles. The van der Waals surface area contributed by atoms with E-state index in [4.69, 9.17) is 10.5 Å². The summed E-state index contributed by atoms with van der Waals surface area (Å²) in [4.78, 5) is 17.3. The first-order chi connectivity index (χ1) is 15.6. The molecule has 2 aromatic carbocycles. The Balaban J connectivity index is 1.56. The third-order valence-electron chi connectivity index (χ3n) is 6.10. The number of nitrogens with one attached hydrogen (secondary N) is 1. The Morgan fingerprint density at radius 3 is 2.59 bits per heavy atom. The molecular weight excluding hydrogens is 402 g/mol. The van der Waals surface area contributed by atoms with Gasteiger partial charge >= 0.3 is 0 Å². The third-order valence-corrected chi connectivity index (χ3v) is 6.10. The first-order valence-corrected chi connectivity index (χ1v) is 11.0. The molecule has 4 rings (SSSR count). The summed E-state index contributed by atoms with van der Waals surface area (Å²) in [5, 5.41) is 12.7. The van der Waals surface area contributed by atoms with Crippen molar-refractivity contribution in [1.82, 2.24) is 10.3 Å². The van der Waals surface area contributed by atoms with Crippen LogP contribution in [0.1, 0.15) is 51.8 Å². The molecule has 0 bridgehead atoms. The summed E-state index contributed by atoms with van der Waals surface area (Å²) in [7, 11) is 0. The van der Waals surface area contributed by atoms with E-state index in [0.717, 1.165) is 48.3 Å². The van der Waals surface area contributed by atoms with Gasteiger partial charge in [0, 0.05) is 30.5 Å². The zero-order valence-corrected chi connectivity index (χ0v) is 18.3. The number of ether oxygens (including phenoxy) is 1. The standard InChI is InChI=1S/C26H29N3O3/c1-17-13-20(26(31)29-24(16-30)19-5-3-2-4-6-19)7-8-22(17)23-14-21(15-28-25(23)27)18-9-11-32-12-10-18/h2-8,13-15,18,24,30H,9-12,16H2,1H3,(H2,27,28)(H,29,31). The number of pyridine rings is 1. The van der Waals surface area contributed by atoms with Crippen molar-refractivity contribution in [3.63, 3.8) is 0 Å². The van der Waals surface area contributed by atoms with Crippen LogP contribution in [0.15, 0.2) is 60.8 Å². The number of aryl methyl sites for hydroxylation is 1. The molecule has 2 heterocycles. The van der Waals surface area contributed by atoms with E-state index in [-0.39, 0.29) is 12.5 Å². The number of nitrogen functional groups attached to an aromatic ring is 1. The summed E-state index contributed by atoms with van der Waals surface area (Å²) < 4.78 is 5.48. The highest BCUT2D eigenvalue weighted by atomic mass is 16.5. The lowest BCUT2D eigenvalue weighted by atomic mass is 9.90. The molecule has 3 aromatic rings. The largest absolute Gasteiger partial charge is 0.394 e. The second-order valence-corrected chi connectivity index (χ2v) is 8.24. The first kappa shape index (κ1) is 22.0. The van der Waals surface area contributed by atoms with Crippen molar-refractivity contribution in [3.05, 3.63) is 83.0 Å². The molecular formula is C26H29N3O3. The molecule has 1 aliphatic rings. The Kier molecular flexibility index (Phi) is 6.83. The summed E-state index contributed by atoms with van der Waals surface area (Å²) >= 11 is 0. The Labute approximate surface area is 188 Å². The molecule has 6 heteroatoms. The number of carbonyl (C=O) groups is 1. The fourth-order valence-electron chi connectivity index (χ4n) is 4.23. The molecule has 166 valence electrons. The van der Waals surface area contributed by atoms with Gasteiger partial charge in [0.15, 0.2) is 0 Å². The topological polar surface area (TPSA) is 97.5 Å². The van der Waals surface area contributed by atoms with Crippen LogP contribution in [0.5, 0.6) is 0 Å². The normalized spacial score (nSPS) is 15.3. The van der Waals surface area contributed by atoms with Gasteiger partial charge in [-0.15, -0.1) is 0 Å². The molecule has 1 fully saturated rings. The predicted octanol–water partition coefficient (Wildman–Crippen LogP) is 4.00. The number of aliphatic hydroxyl groups excluding tert-OH is 1. The molecule has 4 N–H and O–H groups in total. The second-order valence-electron chi connectivity index (χ2n) is 8.24. The SMILES string of the molecule is Cc1cc(C(=O)NC(CO)c2ccccc2)ccc1-c1cc(C2CCOCC2)cnc1N. The summed E-state index contributed by atoms with van der Waals surface area (Å²) in [5.74, 6) is 0.671. The van der Waals surface area contributed by atoms with Gasteiger partial charge in [-0.05, 0) is 66.1 Å². The highest BCUT2D eigenvalue weighted by Crippen LogP contribution is 2.33. The third kappa shape index (κ3) is 4.82. The van der Waals surface area contributed by atoms with Gasteiger partial charge in [0.25, 0.3) is 5.91 Å². The van der Waals surface area contributed by atoms with Crippen molar-refractivity contribution in [3.8, 4) is 11.1 Å². The molecule has 0 spiro atoms. The maximum absolute atomic E-state index is 12.8. The number of hydrogen-bond donors (Lipinski definition) is 3. The summed E-state index contributed by atoms with van der Waals surface area (Å²) in [6.45, 7) is 3.33. The van der Waals surface area contributed by atoms with Crippen LogP contribution in [0.4, 0.5) is 5.82 Å². The van der Waals surface area contributed by atoms with Crippen LogP contribution in [0, 0.1) is 6.92 Å². The van der Waals surface area contributed by atoms with Gasteiger partial charge < -0.3 is 20.9 Å². The zero-order valence-electron chi connectivity index (χ0n) is 18.3. The Hall–Kier alpha value is -3.22. The number of aliphatic hydroxyl groups is 1. The molecule has 32 heavy (non-hydrogen) atoms. The minimum atomic E-state index is -0.459. The average Bonchev–Trinajstić information content (AvgIpc) is 2.84. The van der Waals surface area contributed by atoms with E-state index in [2.05, 4.69) is 16.4 Å². The minimum absolute atomic E-state index is 0.173. The molecule has 1 atom stereocenters. The molecule has 1 amide bonds. The highest BCUT2D eigenvalue weighted by Gasteiger charge is 2.19. The lowest BCUT2D eigenvalue weighted by Crippen LogP contribution is -2.30. The van der Waals surface area contributed by atoms with Gasteiger partial charge in [0.05, 0.1) is 12.6 Å². The van der Waals surface area contributed by atoms with Crippen LogP contribution in [0.25, 0.3) is 11.1 Å². The van der Waals surface area contributed by atoms with Gasteiger partial charge in [-0.3, -0.25) is 4.79 Å². The van der Waals surface area contributed by atoms with Crippen molar-refractivity contribution in [1.29, 1.82) is 0 Å². The van der Waals surface area contributed by atoms with Gasteiger partial charge in [0.2, 0.25) is 0 Å². The molecule has 6 nitrogen and oxygen atoms in total. The number of nitrogens with zero attached hydrogens (tertiary/aromatic N) is 1. The Morgan fingerprint density at radius 1 is 1.16 bits per heavy atom. The molecule has 1 unspecified atom stereocenters. The van der Waals surface area contributed by atoms with E-state index >= 15 is 0 Å². The van der Waals surface area contributed by atoms with Crippen molar-refractivity contribution in [2.75, 3.05) is 25.6 Å². The molecule has 1 aromatic heterocycles. The Bertz CT molecular complexity index is 1080. The van der Waals surface area contributed by atoms with Crippen LogP contribution in [0.2, 0.25) is 0 Å². The highest BCUT2D eigenvalue weighted by molar-refractivity contribution is 5.95. The van der Waals surface area contributed by atoms with Gasteiger partial charge in [-0.25, -0.2) is 4.98 Å². The average molecular weight is 432 g/mol. The predicted molar refractivity (Wildman–Crippen MR) is 125 cm³/mol. The van der Waals surface area contributed by atoms with E-state index in [1.54, 1.807) is 6.07 Å². The van der Waals surface area contributed by atoms with Crippen molar-refractivity contribution in [2.45, 2.75) is 31.7 Å². The zero-order chi connectivity index (χ0) is 22.5. The van der Waals surface area contributed by atoms with Crippen LogP contribution in [-0.2, 0) is 4.74 Å². The summed E-state index contributed by atoms with van der Waals surface area (Å²) in [6.07, 6.45) is 3.83. The Morgan fingerprint density at radius 2 is 1.91 bits per heavy atom. The minimum Gasteiger partial charge on any atom is -0.394 e. The smallest absolute Gasteiger partial charge is 0.251 e. The number of carbonyl (C=O) groups excluding carboxylic acids is 1. The quantitative estimate of drug-likeness (QED) is 0.548. The van der Waals surface area contributed by atoms with E-state index < -0.39 is 6.04 Å². The maximum atomic E-state index is 12.8. The number of amides is 1. The molecule has 1 saturated heterocycles. The summed E-state index contributed by atoms with van der Waals surface area (Å²) in [5.41, 5.74) is 11.6. The van der Waals surface area contributed by atoms with E-state index in [0.29, 0.717) is 17.3 Å². The fraction of sp³-hybridized carbons (Fsp3) is 0.308. The van der Waals surface area contributed by atoms with Crippen molar-refractivity contribution < 1.29 is 14.6 Å². The van der Waals surface area contributed by atoms with Gasteiger partial charge in [-0.2, -0.15) is 0 Å². The monoisotopic (exact) mass is 431 g/mol. The number of anilines is 1. The van der Waals surface area contributed by atoms with Gasteiger partial charge in [0.1, 0.15) is 5.82 Å². The number of rotatable bonds is 6. The first-order valence-electron chi connectivity index (χ1n) is 11.0. The van der Waals surface area contributed by atoms with E-state index in [1.807, 2.05) is 55.6 Å². The lowest BCUT2D eigenvalue weighted by Gasteiger charge is -2.23. The van der Waals surface area contributed by atoms with E-state index in [9.17, 15) is 9.90 Å². The molecule has 0 radical (unpaired) electrons. The lowest BCUT2D eigenvalue weighted by molar-refractivity contribution is 0.0853. The van der Waals surface area contributed by atoms with Crippen LogP contribution < -0.4 is 11.1 Å². The number of hydrogen-bond acceptors (Lipinski definition) is 5. The van der Waals surface area contributed by atoms with E-state index in [1.165, 1.54) is 5.56 Å². The van der Waals surface area contributed by atoms with Crippen LogP contribution >= 0.6 is 0 Å².